The molecule has 5 heteroatoms. The summed E-state index contributed by atoms with van der Waals surface area (Å²) < 4.78 is 0. The zero-order valence-electron chi connectivity index (χ0n) is 10.8. The number of benzene rings is 1. The number of pyridine rings is 1. The number of aromatic nitrogens is 1. The second-order valence-corrected chi connectivity index (χ2v) is 4.29. The summed E-state index contributed by atoms with van der Waals surface area (Å²) in [5.74, 6) is -0.507. The smallest absolute Gasteiger partial charge is 0.246 e. The Morgan fingerprint density at radius 1 is 1.21 bits per heavy atom. The lowest BCUT2D eigenvalue weighted by atomic mass is 10.2. The highest BCUT2D eigenvalue weighted by Gasteiger charge is 2.14. The first-order valence-electron chi connectivity index (χ1n) is 5.99. The molecule has 0 saturated heterocycles. The van der Waals surface area contributed by atoms with Crippen molar-refractivity contribution in [3.8, 4) is 0 Å². The van der Waals surface area contributed by atoms with Crippen molar-refractivity contribution in [3.63, 3.8) is 0 Å². The van der Waals surface area contributed by atoms with Gasteiger partial charge < -0.3 is 10.6 Å². The van der Waals surface area contributed by atoms with Crippen LogP contribution in [0.5, 0.6) is 0 Å². The highest BCUT2D eigenvalue weighted by atomic mass is 16.2. The van der Waals surface area contributed by atoms with Crippen molar-refractivity contribution in [2.75, 3.05) is 5.32 Å². The Balaban J connectivity index is 2.22. The Morgan fingerprint density at radius 2 is 1.95 bits per heavy atom. The van der Waals surface area contributed by atoms with E-state index in [4.69, 9.17) is 0 Å². The van der Waals surface area contributed by atoms with Crippen LogP contribution in [-0.4, -0.2) is 22.8 Å². The topological polar surface area (TPSA) is 71.1 Å². The van der Waals surface area contributed by atoms with Gasteiger partial charge in [0.25, 0.3) is 0 Å². The number of fused-ring (bicyclic) bond motifs is 1. The van der Waals surface area contributed by atoms with Gasteiger partial charge in [-0.3, -0.25) is 14.6 Å². The molecule has 1 aromatic carbocycles. The third-order valence-electron chi connectivity index (χ3n) is 2.70. The van der Waals surface area contributed by atoms with Gasteiger partial charge in [0.2, 0.25) is 11.8 Å². The van der Waals surface area contributed by atoms with Gasteiger partial charge in [-0.05, 0) is 19.1 Å². The maximum atomic E-state index is 11.9. The minimum absolute atomic E-state index is 0.237. The molecule has 0 bridgehead atoms. The molecule has 0 aliphatic heterocycles. The lowest BCUT2D eigenvalue weighted by Gasteiger charge is -2.13. The third-order valence-corrected chi connectivity index (χ3v) is 2.70. The minimum atomic E-state index is -0.587. The summed E-state index contributed by atoms with van der Waals surface area (Å²) in [4.78, 5) is 27.1. The van der Waals surface area contributed by atoms with E-state index < -0.39 is 6.04 Å². The number of nitrogens with zero attached hydrogens (tertiary/aromatic N) is 1. The second-order valence-electron chi connectivity index (χ2n) is 4.29. The molecule has 2 aromatic rings. The van der Waals surface area contributed by atoms with Crippen LogP contribution in [0, 0.1) is 0 Å². The van der Waals surface area contributed by atoms with Gasteiger partial charge in [-0.15, -0.1) is 0 Å². The van der Waals surface area contributed by atoms with Crippen LogP contribution in [0.3, 0.4) is 0 Å². The number of rotatable bonds is 3. The van der Waals surface area contributed by atoms with Crippen molar-refractivity contribution in [2.45, 2.75) is 19.9 Å². The van der Waals surface area contributed by atoms with Gasteiger partial charge >= 0.3 is 0 Å². The zero-order chi connectivity index (χ0) is 13.8. The Morgan fingerprint density at radius 3 is 2.68 bits per heavy atom. The van der Waals surface area contributed by atoms with Gasteiger partial charge in [-0.1, -0.05) is 18.2 Å². The number of para-hydroxylation sites is 1. The van der Waals surface area contributed by atoms with E-state index in [2.05, 4.69) is 15.6 Å². The van der Waals surface area contributed by atoms with Crippen LogP contribution >= 0.6 is 0 Å². The molecule has 1 aromatic heterocycles. The number of hydrogen-bond acceptors (Lipinski definition) is 3. The molecule has 2 amide bonds. The largest absolute Gasteiger partial charge is 0.345 e. The monoisotopic (exact) mass is 257 g/mol. The fraction of sp³-hybridized carbons (Fsp3) is 0.214. The van der Waals surface area contributed by atoms with E-state index in [0.717, 1.165) is 10.9 Å². The van der Waals surface area contributed by atoms with E-state index in [1.807, 2.05) is 24.3 Å². The van der Waals surface area contributed by atoms with E-state index in [-0.39, 0.29) is 11.8 Å². The Bertz CT molecular complexity index is 620. The van der Waals surface area contributed by atoms with Gasteiger partial charge in [0.15, 0.2) is 0 Å². The standard InChI is InChI=1S/C14H15N3O2/c1-9(16-10(2)18)14(19)17-12-7-3-5-11-6-4-8-15-13(11)12/h3-9H,1-2H3,(H,16,18)(H,17,19). The fourth-order valence-electron chi connectivity index (χ4n) is 1.82. The van der Waals surface area contributed by atoms with E-state index in [1.165, 1.54) is 6.92 Å². The number of carbonyl (C=O) groups is 2. The Hall–Kier alpha value is -2.43. The number of nitrogens with one attached hydrogen (secondary N) is 2. The number of amides is 2. The predicted octanol–water partition coefficient (Wildman–Crippen LogP) is 1.70. The van der Waals surface area contributed by atoms with Crippen LogP contribution in [0.25, 0.3) is 10.9 Å². The lowest BCUT2D eigenvalue weighted by Crippen LogP contribution is -2.40. The van der Waals surface area contributed by atoms with Crippen molar-refractivity contribution in [3.05, 3.63) is 36.5 Å². The first-order chi connectivity index (χ1) is 9.08. The summed E-state index contributed by atoms with van der Waals surface area (Å²) in [6.45, 7) is 3.01. The number of hydrogen-bond donors (Lipinski definition) is 2. The molecule has 1 heterocycles. The Kier molecular flexibility index (Phi) is 3.75. The molecule has 2 N–H and O–H groups in total. The van der Waals surface area contributed by atoms with Gasteiger partial charge in [-0.25, -0.2) is 0 Å². The van der Waals surface area contributed by atoms with Gasteiger partial charge in [0.05, 0.1) is 11.2 Å². The van der Waals surface area contributed by atoms with Crippen molar-refractivity contribution in [1.29, 1.82) is 0 Å². The third kappa shape index (κ3) is 3.07. The average Bonchev–Trinajstić information content (AvgIpc) is 2.38. The molecule has 1 atom stereocenters. The molecule has 2 rings (SSSR count). The summed E-state index contributed by atoms with van der Waals surface area (Å²) >= 11 is 0. The predicted molar refractivity (Wildman–Crippen MR) is 73.7 cm³/mol. The highest BCUT2D eigenvalue weighted by Crippen LogP contribution is 2.20. The van der Waals surface area contributed by atoms with Crippen LogP contribution in [0.15, 0.2) is 36.5 Å². The van der Waals surface area contributed by atoms with Crippen molar-refractivity contribution >= 4 is 28.4 Å². The van der Waals surface area contributed by atoms with Crippen LogP contribution < -0.4 is 10.6 Å². The Labute approximate surface area is 111 Å². The summed E-state index contributed by atoms with van der Waals surface area (Å²) in [5.41, 5.74) is 1.37. The van der Waals surface area contributed by atoms with Gasteiger partial charge in [-0.2, -0.15) is 0 Å². The second kappa shape index (κ2) is 5.48. The first kappa shape index (κ1) is 13.0. The van der Waals surface area contributed by atoms with Crippen molar-refractivity contribution < 1.29 is 9.59 Å². The fourth-order valence-corrected chi connectivity index (χ4v) is 1.82. The molecule has 0 fully saturated rings. The molecule has 98 valence electrons. The molecular formula is C14H15N3O2. The van der Waals surface area contributed by atoms with Crippen LogP contribution in [0.4, 0.5) is 5.69 Å². The van der Waals surface area contributed by atoms with Crippen molar-refractivity contribution in [1.82, 2.24) is 10.3 Å². The molecular weight excluding hydrogens is 242 g/mol. The van der Waals surface area contributed by atoms with Crippen LogP contribution in [-0.2, 0) is 9.59 Å². The van der Waals surface area contributed by atoms with Crippen LogP contribution in [0.1, 0.15) is 13.8 Å². The molecule has 0 aliphatic rings. The number of anilines is 1. The molecule has 0 saturated carbocycles. The summed E-state index contributed by atoms with van der Waals surface area (Å²) in [6, 6.07) is 8.74. The maximum Gasteiger partial charge on any atom is 0.246 e. The average molecular weight is 257 g/mol. The van der Waals surface area contributed by atoms with Gasteiger partial charge in [0.1, 0.15) is 6.04 Å². The molecule has 1 unspecified atom stereocenters. The van der Waals surface area contributed by atoms with E-state index >= 15 is 0 Å². The molecule has 0 radical (unpaired) electrons. The summed E-state index contributed by atoms with van der Waals surface area (Å²) in [5, 5.41) is 6.26. The van der Waals surface area contributed by atoms with Crippen molar-refractivity contribution in [2.24, 2.45) is 0 Å². The normalized spacial score (nSPS) is 11.9. The number of carbonyl (C=O) groups excluding carboxylic acids is 2. The first-order valence-corrected chi connectivity index (χ1v) is 5.99. The molecule has 0 spiro atoms. The van der Waals surface area contributed by atoms with Gasteiger partial charge in [0, 0.05) is 18.5 Å². The molecule has 5 nitrogen and oxygen atoms in total. The summed E-state index contributed by atoms with van der Waals surface area (Å²) in [6.07, 6.45) is 1.68. The maximum absolute atomic E-state index is 11.9. The van der Waals surface area contributed by atoms with Crippen LogP contribution in [0.2, 0.25) is 0 Å². The lowest BCUT2D eigenvalue weighted by molar-refractivity contribution is -0.124. The van der Waals surface area contributed by atoms with E-state index in [1.54, 1.807) is 19.2 Å². The molecule has 19 heavy (non-hydrogen) atoms. The molecule has 0 aliphatic carbocycles. The quantitative estimate of drug-likeness (QED) is 0.879. The summed E-state index contributed by atoms with van der Waals surface area (Å²) in [7, 11) is 0. The highest BCUT2D eigenvalue weighted by molar-refractivity contribution is 6.02. The SMILES string of the molecule is CC(=O)NC(C)C(=O)Nc1cccc2cccnc12. The minimum Gasteiger partial charge on any atom is -0.345 e. The van der Waals surface area contributed by atoms with E-state index in [0.29, 0.717) is 5.69 Å². The zero-order valence-corrected chi connectivity index (χ0v) is 10.8. The van der Waals surface area contributed by atoms with E-state index in [9.17, 15) is 9.59 Å².